The van der Waals surface area contributed by atoms with Crippen molar-refractivity contribution in [3.05, 3.63) is 52.7 Å². The van der Waals surface area contributed by atoms with Gasteiger partial charge in [0.2, 0.25) is 0 Å². The van der Waals surface area contributed by atoms with Gasteiger partial charge < -0.3 is 24.3 Å². The molecule has 0 saturated carbocycles. The van der Waals surface area contributed by atoms with Crippen molar-refractivity contribution in [2.75, 3.05) is 33.8 Å². The van der Waals surface area contributed by atoms with Crippen LogP contribution in [0.15, 0.2) is 41.6 Å². The van der Waals surface area contributed by atoms with Crippen LogP contribution in [0.25, 0.3) is 0 Å². The molecule has 1 atom stereocenters. The van der Waals surface area contributed by atoms with Crippen LogP contribution in [0.3, 0.4) is 0 Å². The first-order valence-corrected chi connectivity index (χ1v) is 9.62. The third kappa shape index (κ3) is 3.18. The number of anilines is 1. The zero-order valence-electron chi connectivity index (χ0n) is 17.1. The Morgan fingerprint density at radius 1 is 0.828 bits per heavy atom. The lowest BCUT2D eigenvalue weighted by molar-refractivity contribution is -0.116. The Balaban J connectivity index is 1.94. The van der Waals surface area contributed by atoms with E-state index in [9.17, 15) is 4.79 Å². The van der Waals surface area contributed by atoms with E-state index in [1.54, 1.807) is 28.4 Å². The van der Waals surface area contributed by atoms with Crippen molar-refractivity contribution < 1.29 is 23.7 Å². The molecule has 2 aromatic rings. The molecule has 0 radical (unpaired) electrons. The van der Waals surface area contributed by atoms with E-state index in [1.807, 2.05) is 30.3 Å². The van der Waals surface area contributed by atoms with Crippen LogP contribution in [0.1, 0.15) is 36.3 Å². The van der Waals surface area contributed by atoms with Gasteiger partial charge in [0.1, 0.15) is 0 Å². The second-order valence-corrected chi connectivity index (χ2v) is 7.14. The molecule has 0 unspecified atom stereocenters. The Labute approximate surface area is 170 Å². The summed E-state index contributed by atoms with van der Waals surface area (Å²) in [5, 5.41) is 3.47. The molecule has 1 aliphatic carbocycles. The van der Waals surface area contributed by atoms with Crippen LogP contribution in [0.2, 0.25) is 0 Å². The van der Waals surface area contributed by atoms with Crippen LogP contribution < -0.4 is 24.3 Å². The average Bonchev–Trinajstić information content (AvgIpc) is 2.76. The van der Waals surface area contributed by atoms with E-state index in [1.165, 1.54) is 0 Å². The predicted molar refractivity (Wildman–Crippen MR) is 110 cm³/mol. The Morgan fingerprint density at radius 2 is 1.48 bits per heavy atom. The fourth-order valence-electron chi connectivity index (χ4n) is 4.27. The lowest BCUT2D eigenvalue weighted by atomic mass is 9.75. The van der Waals surface area contributed by atoms with Gasteiger partial charge in [0.05, 0.1) is 28.4 Å². The summed E-state index contributed by atoms with van der Waals surface area (Å²) in [7, 11) is 6.46. The third-order valence-corrected chi connectivity index (χ3v) is 5.64. The summed E-state index contributed by atoms with van der Waals surface area (Å²) in [6.45, 7) is 0. The number of benzene rings is 2. The average molecular weight is 395 g/mol. The highest BCUT2D eigenvalue weighted by Gasteiger charge is 2.36. The summed E-state index contributed by atoms with van der Waals surface area (Å²) in [5.74, 6) is 2.53. The number of hydrogen-bond acceptors (Lipinski definition) is 6. The number of methoxy groups -OCH3 is 4. The largest absolute Gasteiger partial charge is 0.493 e. The van der Waals surface area contributed by atoms with Crippen LogP contribution in [-0.4, -0.2) is 34.2 Å². The fourth-order valence-corrected chi connectivity index (χ4v) is 4.27. The standard InChI is InChI=1S/C23H25NO5/c1-26-18-9-8-13(10-19(18)27-2)22-14-11-20(28-3)21(29-4)12-16(14)24-15-6-5-7-17(25)23(15)22/h8-12,22,24H,5-7H2,1-4H3/t22-/m0/s1. The van der Waals surface area contributed by atoms with E-state index in [0.29, 0.717) is 29.4 Å². The number of Topliss-reactive ketones (excluding diaryl/α,β-unsaturated/α-hetero) is 1. The minimum absolute atomic E-state index is 0.180. The maximum Gasteiger partial charge on any atom is 0.162 e. The topological polar surface area (TPSA) is 66.0 Å². The number of hydrogen-bond donors (Lipinski definition) is 1. The second kappa shape index (κ2) is 7.70. The van der Waals surface area contributed by atoms with Gasteiger partial charge in [0.15, 0.2) is 28.8 Å². The van der Waals surface area contributed by atoms with Gasteiger partial charge in [-0.3, -0.25) is 4.79 Å². The molecule has 1 aliphatic heterocycles. The zero-order valence-corrected chi connectivity index (χ0v) is 17.1. The molecule has 1 heterocycles. The highest BCUT2D eigenvalue weighted by Crippen LogP contribution is 2.49. The summed E-state index contributed by atoms with van der Waals surface area (Å²) in [4.78, 5) is 13.0. The lowest BCUT2D eigenvalue weighted by Gasteiger charge is -2.34. The van der Waals surface area contributed by atoms with Crippen LogP contribution >= 0.6 is 0 Å². The molecule has 29 heavy (non-hydrogen) atoms. The maximum absolute atomic E-state index is 13.0. The van der Waals surface area contributed by atoms with Crippen molar-refractivity contribution in [3.8, 4) is 23.0 Å². The molecule has 152 valence electrons. The maximum atomic E-state index is 13.0. The third-order valence-electron chi connectivity index (χ3n) is 5.64. The molecule has 0 fully saturated rings. The number of rotatable bonds is 5. The lowest BCUT2D eigenvalue weighted by Crippen LogP contribution is -2.27. The van der Waals surface area contributed by atoms with E-state index >= 15 is 0 Å². The van der Waals surface area contributed by atoms with Gasteiger partial charge in [-0.1, -0.05) is 6.07 Å². The van der Waals surface area contributed by atoms with Gasteiger partial charge in [-0.2, -0.15) is 0 Å². The number of nitrogens with one attached hydrogen (secondary N) is 1. The molecule has 2 aliphatic rings. The van der Waals surface area contributed by atoms with Crippen molar-refractivity contribution >= 4 is 11.5 Å². The van der Waals surface area contributed by atoms with Crippen molar-refractivity contribution in [1.29, 1.82) is 0 Å². The summed E-state index contributed by atoms with van der Waals surface area (Å²) in [6, 6.07) is 9.70. The van der Waals surface area contributed by atoms with Crippen LogP contribution in [0.5, 0.6) is 23.0 Å². The van der Waals surface area contributed by atoms with E-state index in [2.05, 4.69) is 5.32 Å². The molecule has 0 aromatic heterocycles. The van der Waals surface area contributed by atoms with E-state index in [-0.39, 0.29) is 11.7 Å². The van der Waals surface area contributed by atoms with Crippen LogP contribution in [0, 0.1) is 0 Å². The molecule has 0 bridgehead atoms. The number of ether oxygens (including phenoxy) is 4. The summed E-state index contributed by atoms with van der Waals surface area (Å²) < 4.78 is 21.9. The molecular weight excluding hydrogens is 370 g/mol. The first-order chi connectivity index (χ1) is 14.1. The number of allylic oxidation sites excluding steroid dienone is 2. The number of carbonyl (C=O) groups excluding carboxylic acids is 1. The molecule has 0 spiro atoms. The van der Waals surface area contributed by atoms with E-state index < -0.39 is 0 Å². The molecule has 6 nitrogen and oxygen atoms in total. The zero-order chi connectivity index (χ0) is 20.5. The summed E-state index contributed by atoms with van der Waals surface area (Å²) >= 11 is 0. The molecule has 4 rings (SSSR count). The minimum atomic E-state index is -0.214. The Kier molecular flexibility index (Phi) is 5.09. The van der Waals surface area contributed by atoms with Crippen LogP contribution in [-0.2, 0) is 4.79 Å². The molecule has 0 amide bonds. The highest BCUT2D eigenvalue weighted by molar-refractivity contribution is 6.01. The molecular formula is C23H25NO5. The number of ketones is 1. The smallest absolute Gasteiger partial charge is 0.162 e. The van der Waals surface area contributed by atoms with Gasteiger partial charge in [0.25, 0.3) is 0 Å². The monoisotopic (exact) mass is 395 g/mol. The molecule has 6 heteroatoms. The Bertz CT molecular complexity index is 995. The molecule has 0 saturated heterocycles. The second-order valence-electron chi connectivity index (χ2n) is 7.14. The Morgan fingerprint density at radius 3 is 2.17 bits per heavy atom. The van der Waals surface area contributed by atoms with E-state index in [4.69, 9.17) is 18.9 Å². The SMILES string of the molecule is COc1ccc([C@@H]2C3=C(CCCC3=O)Nc3cc(OC)c(OC)cc32)cc1OC. The summed E-state index contributed by atoms with van der Waals surface area (Å²) in [6.07, 6.45) is 2.26. The van der Waals surface area contributed by atoms with Gasteiger partial charge in [0, 0.05) is 35.4 Å². The summed E-state index contributed by atoms with van der Waals surface area (Å²) in [5.41, 5.74) is 4.68. The van der Waals surface area contributed by atoms with Gasteiger partial charge in [-0.15, -0.1) is 0 Å². The van der Waals surface area contributed by atoms with Gasteiger partial charge in [-0.25, -0.2) is 0 Å². The van der Waals surface area contributed by atoms with Crippen molar-refractivity contribution in [3.63, 3.8) is 0 Å². The normalized spacial score (nSPS) is 17.8. The first-order valence-electron chi connectivity index (χ1n) is 9.62. The van der Waals surface area contributed by atoms with E-state index in [0.717, 1.165) is 40.9 Å². The predicted octanol–water partition coefficient (Wildman–Crippen LogP) is 4.29. The Hall–Kier alpha value is -3.15. The quantitative estimate of drug-likeness (QED) is 0.815. The molecule has 1 N–H and O–H groups in total. The van der Waals surface area contributed by atoms with Crippen molar-refractivity contribution in [2.45, 2.75) is 25.2 Å². The highest BCUT2D eigenvalue weighted by atomic mass is 16.5. The van der Waals surface area contributed by atoms with Gasteiger partial charge in [-0.05, 0) is 42.2 Å². The number of carbonyl (C=O) groups is 1. The van der Waals surface area contributed by atoms with Gasteiger partial charge >= 0.3 is 0 Å². The fraction of sp³-hybridized carbons (Fsp3) is 0.348. The van der Waals surface area contributed by atoms with Crippen molar-refractivity contribution in [2.24, 2.45) is 0 Å². The van der Waals surface area contributed by atoms with Crippen LogP contribution in [0.4, 0.5) is 5.69 Å². The van der Waals surface area contributed by atoms with Crippen molar-refractivity contribution in [1.82, 2.24) is 0 Å². The first kappa shape index (κ1) is 19.2. The minimum Gasteiger partial charge on any atom is -0.493 e. The molecule has 2 aromatic carbocycles. The number of fused-ring (bicyclic) bond motifs is 1.